The van der Waals surface area contributed by atoms with Gasteiger partial charge >= 0.3 is 6.09 Å². The summed E-state index contributed by atoms with van der Waals surface area (Å²) in [7, 11) is 0. The van der Waals surface area contributed by atoms with Crippen molar-refractivity contribution in [2.24, 2.45) is 5.92 Å². The standard InChI is InChI=1S/C16H26ClN3O4/c1-11(2)20-10-12(9-14(20)21)15(22)19-6-3-13(4-7-19)18-16(23)24-8-5-17/h11-13H,3-10H2,1-2H3,(H,18,23). The molecule has 0 radical (unpaired) electrons. The third-order valence-corrected chi connectivity index (χ3v) is 4.72. The molecule has 1 atom stereocenters. The van der Waals surface area contributed by atoms with Crippen molar-refractivity contribution < 1.29 is 19.1 Å². The van der Waals surface area contributed by atoms with Crippen LogP contribution in [0.15, 0.2) is 0 Å². The van der Waals surface area contributed by atoms with Crippen LogP contribution in [0.1, 0.15) is 33.1 Å². The Bertz CT molecular complexity index is 478. The Balaban J connectivity index is 1.77. The van der Waals surface area contributed by atoms with Crippen LogP contribution in [0.3, 0.4) is 0 Å². The average Bonchev–Trinajstić information content (AvgIpc) is 2.95. The minimum atomic E-state index is -0.464. The van der Waals surface area contributed by atoms with Gasteiger partial charge in [0.1, 0.15) is 6.61 Å². The second kappa shape index (κ2) is 8.55. The van der Waals surface area contributed by atoms with Crippen LogP contribution in [0.4, 0.5) is 4.79 Å². The summed E-state index contributed by atoms with van der Waals surface area (Å²) in [4.78, 5) is 39.7. The molecule has 0 aromatic heterocycles. The molecule has 136 valence electrons. The summed E-state index contributed by atoms with van der Waals surface area (Å²) in [5.74, 6) is 0.142. The number of rotatable bonds is 5. The first-order valence-electron chi connectivity index (χ1n) is 8.50. The van der Waals surface area contributed by atoms with E-state index in [9.17, 15) is 14.4 Å². The molecule has 2 rings (SSSR count). The lowest BCUT2D eigenvalue weighted by atomic mass is 10.0. The van der Waals surface area contributed by atoms with Gasteiger partial charge < -0.3 is 19.9 Å². The van der Waals surface area contributed by atoms with Gasteiger partial charge in [0, 0.05) is 38.1 Å². The lowest BCUT2D eigenvalue weighted by Crippen LogP contribution is -2.48. The van der Waals surface area contributed by atoms with Gasteiger partial charge in [-0.1, -0.05) is 0 Å². The van der Waals surface area contributed by atoms with Crippen molar-refractivity contribution in [1.29, 1.82) is 0 Å². The van der Waals surface area contributed by atoms with E-state index in [-0.39, 0.29) is 42.3 Å². The Morgan fingerprint density at radius 3 is 2.54 bits per heavy atom. The Morgan fingerprint density at radius 1 is 1.33 bits per heavy atom. The highest BCUT2D eigenvalue weighted by Crippen LogP contribution is 2.23. The zero-order chi connectivity index (χ0) is 17.7. The summed E-state index contributed by atoms with van der Waals surface area (Å²) in [5.41, 5.74) is 0. The number of carbonyl (C=O) groups is 3. The maximum Gasteiger partial charge on any atom is 0.407 e. The fourth-order valence-corrected chi connectivity index (χ4v) is 3.32. The van der Waals surface area contributed by atoms with E-state index in [1.807, 2.05) is 18.7 Å². The van der Waals surface area contributed by atoms with Gasteiger partial charge in [-0.2, -0.15) is 0 Å². The molecule has 0 aromatic rings. The van der Waals surface area contributed by atoms with Gasteiger partial charge in [0.05, 0.1) is 11.8 Å². The highest BCUT2D eigenvalue weighted by atomic mass is 35.5. The van der Waals surface area contributed by atoms with Gasteiger partial charge in [0.25, 0.3) is 0 Å². The highest BCUT2D eigenvalue weighted by molar-refractivity contribution is 6.18. The molecule has 8 heteroatoms. The quantitative estimate of drug-likeness (QED) is 0.748. The fraction of sp³-hybridized carbons (Fsp3) is 0.812. The van der Waals surface area contributed by atoms with E-state index < -0.39 is 6.09 Å². The van der Waals surface area contributed by atoms with Gasteiger partial charge in [-0.15, -0.1) is 11.6 Å². The summed E-state index contributed by atoms with van der Waals surface area (Å²) < 4.78 is 4.89. The summed E-state index contributed by atoms with van der Waals surface area (Å²) >= 11 is 5.47. The second-order valence-corrected chi connectivity index (χ2v) is 6.99. The summed E-state index contributed by atoms with van der Waals surface area (Å²) in [6.07, 6.45) is 1.22. The van der Waals surface area contributed by atoms with E-state index in [4.69, 9.17) is 16.3 Å². The van der Waals surface area contributed by atoms with Crippen LogP contribution in [0.25, 0.3) is 0 Å². The Hall–Kier alpha value is -1.50. The zero-order valence-corrected chi connectivity index (χ0v) is 15.1. The largest absolute Gasteiger partial charge is 0.448 e. The average molecular weight is 360 g/mol. The van der Waals surface area contributed by atoms with Gasteiger partial charge in [0.2, 0.25) is 11.8 Å². The Labute approximate surface area is 147 Å². The normalized spacial score (nSPS) is 22.2. The summed E-state index contributed by atoms with van der Waals surface area (Å²) in [5, 5.41) is 2.79. The summed E-state index contributed by atoms with van der Waals surface area (Å²) in [6, 6.07) is 0.137. The van der Waals surface area contributed by atoms with E-state index in [1.54, 1.807) is 4.90 Å². The van der Waals surface area contributed by atoms with E-state index in [0.29, 0.717) is 38.9 Å². The SMILES string of the molecule is CC(C)N1CC(C(=O)N2CCC(NC(=O)OCCCl)CC2)CC1=O. The molecule has 2 fully saturated rings. The fourth-order valence-electron chi connectivity index (χ4n) is 3.24. The van der Waals surface area contributed by atoms with E-state index in [2.05, 4.69) is 5.32 Å². The van der Waals surface area contributed by atoms with Gasteiger partial charge in [0.15, 0.2) is 0 Å². The maximum atomic E-state index is 12.6. The summed E-state index contributed by atoms with van der Waals surface area (Å²) in [6.45, 7) is 5.80. The second-order valence-electron chi connectivity index (χ2n) is 6.61. The predicted molar refractivity (Wildman–Crippen MR) is 89.8 cm³/mol. The van der Waals surface area contributed by atoms with Crippen LogP contribution in [0.2, 0.25) is 0 Å². The number of nitrogens with one attached hydrogen (secondary N) is 1. The molecule has 3 amide bonds. The topological polar surface area (TPSA) is 79.0 Å². The number of alkyl halides is 1. The third-order valence-electron chi connectivity index (χ3n) is 4.57. The molecule has 1 unspecified atom stereocenters. The first kappa shape index (κ1) is 18.8. The molecule has 0 saturated carbocycles. The van der Waals surface area contributed by atoms with Crippen molar-refractivity contribution >= 4 is 29.5 Å². The van der Waals surface area contributed by atoms with Gasteiger partial charge in [-0.3, -0.25) is 9.59 Å². The van der Waals surface area contributed by atoms with Crippen LogP contribution in [-0.2, 0) is 14.3 Å². The smallest absolute Gasteiger partial charge is 0.407 e. The lowest BCUT2D eigenvalue weighted by Gasteiger charge is -2.33. The minimum absolute atomic E-state index is 0.00856. The van der Waals surface area contributed by atoms with Crippen LogP contribution in [0.5, 0.6) is 0 Å². The van der Waals surface area contributed by atoms with E-state index >= 15 is 0 Å². The molecule has 24 heavy (non-hydrogen) atoms. The number of alkyl carbamates (subject to hydrolysis) is 1. The van der Waals surface area contributed by atoms with Crippen LogP contribution in [0, 0.1) is 5.92 Å². The Kier molecular flexibility index (Phi) is 6.71. The molecule has 1 N–H and O–H groups in total. The van der Waals surface area contributed by atoms with Crippen molar-refractivity contribution in [1.82, 2.24) is 15.1 Å². The van der Waals surface area contributed by atoms with Crippen molar-refractivity contribution in [3.05, 3.63) is 0 Å². The molecule has 2 saturated heterocycles. The van der Waals surface area contributed by atoms with E-state index in [0.717, 1.165) is 0 Å². The molecular weight excluding hydrogens is 334 g/mol. The monoisotopic (exact) mass is 359 g/mol. The molecule has 0 aliphatic carbocycles. The number of hydrogen-bond acceptors (Lipinski definition) is 4. The number of likely N-dealkylation sites (tertiary alicyclic amines) is 2. The van der Waals surface area contributed by atoms with Crippen molar-refractivity contribution in [3.8, 4) is 0 Å². The number of nitrogens with zero attached hydrogens (tertiary/aromatic N) is 2. The lowest BCUT2D eigenvalue weighted by molar-refractivity contribution is -0.136. The first-order valence-corrected chi connectivity index (χ1v) is 9.03. The molecular formula is C16H26ClN3O4. The Morgan fingerprint density at radius 2 is 2.00 bits per heavy atom. The number of ether oxygens (including phenoxy) is 1. The van der Waals surface area contributed by atoms with Gasteiger partial charge in [-0.25, -0.2) is 4.79 Å². The highest BCUT2D eigenvalue weighted by Gasteiger charge is 2.38. The molecule has 0 aromatic carbocycles. The van der Waals surface area contributed by atoms with Crippen molar-refractivity contribution in [3.63, 3.8) is 0 Å². The molecule has 2 aliphatic heterocycles. The van der Waals surface area contributed by atoms with Crippen molar-refractivity contribution in [2.45, 2.75) is 45.2 Å². The predicted octanol–water partition coefficient (Wildman–Crippen LogP) is 1.20. The van der Waals surface area contributed by atoms with Crippen molar-refractivity contribution in [2.75, 3.05) is 32.1 Å². The van der Waals surface area contributed by atoms with Crippen LogP contribution >= 0.6 is 11.6 Å². The molecule has 0 bridgehead atoms. The molecule has 7 nitrogen and oxygen atoms in total. The van der Waals surface area contributed by atoms with Crippen LogP contribution < -0.4 is 5.32 Å². The minimum Gasteiger partial charge on any atom is -0.448 e. The molecule has 2 heterocycles. The number of halogens is 1. The number of piperidine rings is 1. The molecule has 0 spiro atoms. The number of carbonyl (C=O) groups excluding carboxylic acids is 3. The molecule has 2 aliphatic rings. The number of amides is 3. The zero-order valence-electron chi connectivity index (χ0n) is 14.3. The first-order chi connectivity index (χ1) is 11.4. The third kappa shape index (κ3) is 4.75. The van der Waals surface area contributed by atoms with E-state index in [1.165, 1.54) is 0 Å². The van der Waals surface area contributed by atoms with Crippen LogP contribution in [-0.4, -0.2) is 71.9 Å². The maximum absolute atomic E-state index is 12.6. The number of hydrogen-bond donors (Lipinski definition) is 1. The van der Waals surface area contributed by atoms with Gasteiger partial charge in [-0.05, 0) is 26.7 Å².